The van der Waals surface area contributed by atoms with E-state index in [0.717, 1.165) is 25.1 Å². The van der Waals surface area contributed by atoms with Gasteiger partial charge in [-0.05, 0) is 46.1 Å². The Hall–Kier alpha value is -1.58. The van der Waals surface area contributed by atoms with Gasteiger partial charge in [0.05, 0.1) is 11.3 Å². The van der Waals surface area contributed by atoms with Crippen LogP contribution in [0.5, 0.6) is 0 Å². The molecule has 2 atom stereocenters. The van der Waals surface area contributed by atoms with Crippen LogP contribution >= 0.6 is 0 Å². The Morgan fingerprint density at radius 3 is 2.74 bits per heavy atom. The summed E-state index contributed by atoms with van der Waals surface area (Å²) in [4.78, 5) is 18.9. The number of piperidine rings is 1. The molecule has 2 heterocycles. The minimum atomic E-state index is 0.101. The van der Waals surface area contributed by atoms with Crippen LogP contribution in [0.25, 0.3) is 0 Å². The fraction of sp³-hybridized carbons (Fsp3) is 0.600. The molecule has 0 spiro atoms. The molecule has 1 aromatic heterocycles. The van der Waals surface area contributed by atoms with Crippen molar-refractivity contribution in [3.05, 3.63) is 24.0 Å². The Morgan fingerprint density at radius 2 is 2.11 bits per heavy atom. The maximum Gasteiger partial charge on any atom is 0.258 e. The molecule has 1 aliphatic heterocycles. The number of hydrogen-bond donors (Lipinski definition) is 1. The lowest BCUT2D eigenvalue weighted by atomic mass is 9.96. The molecule has 1 aromatic rings. The second kappa shape index (κ2) is 6.04. The average molecular weight is 261 g/mol. The lowest BCUT2D eigenvalue weighted by molar-refractivity contribution is 0.0511. The first-order valence-corrected chi connectivity index (χ1v) is 7.15. The third-order valence-corrected chi connectivity index (χ3v) is 3.85. The molecular weight excluding hydrogens is 238 g/mol. The minimum Gasteiger partial charge on any atom is -0.385 e. The summed E-state index contributed by atoms with van der Waals surface area (Å²) in [5.74, 6) is 0.101. The van der Waals surface area contributed by atoms with Crippen LogP contribution in [0.4, 0.5) is 5.69 Å². The molecule has 1 fully saturated rings. The van der Waals surface area contributed by atoms with E-state index < -0.39 is 0 Å². The number of nitrogens with one attached hydrogen (secondary N) is 1. The molecule has 4 nitrogen and oxygen atoms in total. The Morgan fingerprint density at radius 1 is 1.42 bits per heavy atom. The number of amides is 1. The van der Waals surface area contributed by atoms with Gasteiger partial charge in [0.1, 0.15) is 0 Å². The number of rotatable bonds is 3. The van der Waals surface area contributed by atoms with Crippen molar-refractivity contribution in [3.8, 4) is 0 Å². The summed E-state index contributed by atoms with van der Waals surface area (Å²) < 4.78 is 0. The minimum absolute atomic E-state index is 0.101. The Balaban J connectivity index is 2.27. The van der Waals surface area contributed by atoms with E-state index in [9.17, 15) is 4.79 Å². The maximum atomic E-state index is 12.8. The van der Waals surface area contributed by atoms with Crippen LogP contribution in [0, 0.1) is 0 Å². The molecule has 0 aliphatic carbocycles. The first-order valence-electron chi connectivity index (χ1n) is 7.15. The largest absolute Gasteiger partial charge is 0.385 e. The van der Waals surface area contributed by atoms with Gasteiger partial charge in [-0.3, -0.25) is 9.78 Å². The van der Waals surface area contributed by atoms with E-state index in [2.05, 4.69) is 24.1 Å². The van der Waals surface area contributed by atoms with Gasteiger partial charge in [0.2, 0.25) is 0 Å². The highest BCUT2D eigenvalue weighted by Crippen LogP contribution is 2.26. The summed E-state index contributed by atoms with van der Waals surface area (Å²) >= 11 is 0. The van der Waals surface area contributed by atoms with Gasteiger partial charge < -0.3 is 10.2 Å². The number of carbonyl (C=O) groups excluding carboxylic acids is 1. The van der Waals surface area contributed by atoms with Gasteiger partial charge in [-0.25, -0.2) is 0 Å². The zero-order chi connectivity index (χ0) is 13.8. The highest BCUT2D eigenvalue weighted by Gasteiger charge is 2.30. The number of likely N-dealkylation sites (tertiary alicyclic amines) is 1. The molecule has 1 aliphatic rings. The van der Waals surface area contributed by atoms with Gasteiger partial charge in [0.25, 0.3) is 5.91 Å². The molecule has 0 unspecified atom stereocenters. The molecular formula is C15H23N3O. The van der Waals surface area contributed by atoms with Crippen LogP contribution in [0.2, 0.25) is 0 Å². The lowest BCUT2D eigenvalue weighted by Crippen LogP contribution is -2.47. The predicted octanol–water partition coefficient (Wildman–Crippen LogP) is 2.92. The second-order valence-electron chi connectivity index (χ2n) is 5.29. The van der Waals surface area contributed by atoms with Crippen LogP contribution in [0.1, 0.15) is 50.4 Å². The summed E-state index contributed by atoms with van der Waals surface area (Å²) in [5, 5.41) is 3.24. The van der Waals surface area contributed by atoms with E-state index in [1.807, 2.05) is 17.9 Å². The molecule has 0 bridgehead atoms. The fourth-order valence-corrected chi connectivity index (χ4v) is 2.87. The molecule has 1 N–H and O–H groups in total. The molecule has 4 heteroatoms. The maximum absolute atomic E-state index is 12.8. The van der Waals surface area contributed by atoms with Crippen LogP contribution in [-0.4, -0.2) is 34.4 Å². The quantitative estimate of drug-likeness (QED) is 0.910. The van der Waals surface area contributed by atoms with Crippen molar-refractivity contribution in [2.24, 2.45) is 0 Å². The Kier molecular flexibility index (Phi) is 4.40. The van der Waals surface area contributed by atoms with E-state index in [1.54, 1.807) is 12.4 Å². The SMILES string of the molecule is CCNc1ccncc1C(=O)N1[C@H](C)CCC[C@@H]1C. The lowest BCUT2D eigenvalue weighted by Gasteiger charge is -2.39. The van der Waals surface area contributed by atoms with E-state index in [-0.39, 0.29) is 5.91 Å². The van der Waals surface area contributed by atoms with E-state index in [1.165, 1.54) is 6.42 Å². The van der Waals surface area contributed by atoms with Crippen molar-refractivity contribution in [2.75, 3.05) is 11.9 Å². The van der Waals surface area contributed by atoms with E-state index in [4.69, 9.17) is 0 Å². The van der Waals surface area contributed by atoms with E-state index in [0.29, 0.717) is 17.6 Å². The number of pyridine rings is 1. The van der Waals surface area contributed by atoms with Gasteiger partial charge in [-0.15, -0.1) is 0 Å². The molecule has 0 aromatic carbocycles. The number of nitrogens with zero attached hydrogens (tertiary/aromatic N) is 2. The zero-order valence-corrected chi connectivity index (χ0v) is 12.0. The van der Waals surface area contributed by atoms with Crippen molar-refractivity contribution in [1.82, 2.24) is 9.88 Å². The van der Waals surface area contributed by atoms with Gasteiger partial charge in [-0.2, -0.15) is 0 Å². The molecule has 0 saturated carbocycles. The van der Waals surface area contributed by atoms with Gasteiger partial charge in [-0.1, -0.05) is 0 Å². The Labute approximate surface area is 115 Å². The topological polar surface area (TPSA) is 45.2 Å². The average Bonchev–Trinajstić information content (AvgIpc) is 2.39. The van der Waals surface area contributed by atoms with Gasteiger partial charge in [0, 0.05) is 31.0 Å². The number of anilines is 1. The highest BCUT2D eigenvalue weighted by atomic mass is 16.2. The Bertz CT molecular complexity index is 437. The van der Waals surface area contributed by atoms with Crippen LogP contribution < -0.4 is 5.32 Å². The van der Waals surface area contributed by atoms with Crippen molar-refractivity contribution in [1.29, 1.82) is 0 Å². The van der Waals surface area contributed by atoms with Crippen LogP contribution in [-0.2, 0) is 0 Å². The smallest absolute Gasteiger partial charge is 0.258 e. The van der Waals surface area contributed by atoms with Crippen molar-refractivity contribution in [2.45, 2.75) is 52.1 Å². The molecule has 0 radical (unpaired) electrons. The standard InChI is InChI=1S/C15H23N3O/c1-4-17-14-8-9-16-10-13(14)15(19)18-11(2)6-5-7-12(18)3/h8-12H,4-7H2,1-3H3,(H,16,17)/t11-,12+. The molecule has 1 amide bonds. The molecule has 104 valence electrons. The first-order chi connectivity index (χ1) is 9.15. The third-order valence-electron chi connectivity index (χ3n) is 3.85. The highest BCUT2D eigenvalue weighted by molar-refractivity contribution is 5.99. The first kappa shape index (κ1) is 13.8. The molecule has 2 rings (SSSR count). The number of aromatic nitrogens is 1. The van der Waals surface area contributed by atoms with Crippen LogP contribution in [0.3, 0.4) is 0 Å². The zero-order valence-electron chi connectivity index (χ0n) is 12.0. The normalized spacial score (nSPS) is 23.2. The van der Waals surface area contributed by atoms with E-state index >= 15 is 0 Å². The summed E-state index contributed by atoms with van der Waals surface area (Å²) in [7, 11) is 0. The summed E-state index contributed by atoms with van der Waals surface area (Å²) in [6, 6.07) is 2.49. The monoisotopic (exact) mass is 261 g/mol. The number of hydrogen-bond acceptors (Lipinski definition) is 3. The predicted molar refractivity (Wildman–Crippen MR) is 77.3 cm³/mol. The van der Waals surface area contributed by atoms with Crippen molar-refractivity contribution >= 4 is 11.6 Å². The van der Waals surface area contributed by atoms with Gasteiger partial charge in [0.15, 0.2) is 0 Å². The summed E-state index contributed by atoms with van der Waals surface area (Å²) in [5.41, 5.74) is 1.57. The third kappa shape index (κ3) is 2.88. The summed E-state index contributed by atoms with van der Waals surface area (Å²) in [6.45, 7) is 7.10. The summed E-state index contributed by atoms with van der Waals surface area (Å²) in [6.07, 6.45) is 6.78. The van der Waals surface area contributed by atoms with Crippen molar-refractivity contribution < 1.29 is 4.79 Å². The fourth-order valence-electron chi connectivity index (χ4n) is 2.87. The van der Waals surface area contributed by atoms with Crippen molar-refractivity contribution in [3.63, 3.8) is 0 Å². The van der Waals surface area contributed by atoms with Crippen LogP contribution in [0.15, 0.2) is 18.5 Å². The second-order valence-corrected chi connectivity index (χ2v) is 5.29. The molecule has 1 saturated heterocycles. The molecule has 19 heavy (non-hydrogen) atoms. The van der Waals surface area contributed by atoms with Gasteiger partial charge >= 0.3 is 0 Å². The number of carbonyl (C=O) groups is 1.